The van der Waals surface area contributed by atoms with Crippen LogP contribution in [0.4, 0.5) is 0 Å². The summed E-state index contributed by atoms with van der Waals surface area (Å²) in [5.74, 6) is 1.12. The Kier molecular flexibility index (Phi) is 33.4. The Morgan fingerprint density at radius 2 is 0.622 bits per heavy atom. The van der Waals surface area contributed by atoms with Crippen LogP contribution in [-0.2, 0) is 19.1 Å². The molecule has 0 aliphatic carbocycles. The average molecular weight is 639 g/mol. The van der Waals surface area contributed by atoms with Gasteiger partial charge in [0.1, 0.15) is 19.3 Å². The molecule has 0 aromatic carbocycles. The molecule has 0 rings (SSSR count). The lowest BCUT2D eigenvalue weighted by Gasteiger charge is -2.12. The number of unbranched alkanes of at least 4 members (excludes halogenated alkanes) is 23. The Morgan fingerprint density at radius 3 is 0.867 bits per heavy atom. The van der Waals surface area contributed by atoms with Gasteiger partial charge in [-0.25, -0.2) is 0 Å². The summed E-state index contributed by atoms with van der Waals surface area (Å²) in [5, 5.41) is 10.00. The second kappa shape index (κ2) is 34.2. The number of esters is 2. The molecule has 0 amide bonds. The van der Waals surface area contributed by atoms with E-state index in [1.54, 1.807) is 0 Å². The highest BCUT2D eigenvalue weighted by molar-refractivity contribution is 5.69. The van der Waals surface area contributed by atoms with Crippen LogP contribution in [0.1, 0.15) is 214 Å². The maximum Gasteiger partial charge on any atom is 0.305 e. The maximum atomic E-state index is 12.0. The van der Waals surface area contributed by atoms with E-state index in [9.17, 15) is 14.7 Å². The first-order valence-corrected chi connectivity index (χ1v) is 19.8. The summed E-state index contributed by atoms with van der Waals surface area (Å²) in [7, 11) is 0. The fourth-order valence-corrected chi connectivity index (χ4v) is 5.93. The number of hydrogen-bond donors (Lipinski definition) is 1. The minimum Gasteiger partial charge on any atom is -0.463 e. The smallest absolute Gasteiger partial charge is 0.305 e. The van der Waals surface area contributed by atoms with E-state index < -0.39 is 6.10 Å². The molecular formula is C40H78O5. The molecule has 5 heteroatoms. The van der Waals surface area contributed by atoms with Crippen LogP contribution >= 0.6 is 0 Å². The molecule has 1 atom stereocenters. The van der Waals surface area contributed by atoms with E-state index in [4.69, 9.17) is 9.47 Å². The number of carbonyl (C=O) groups is 2. The van der Waals surface area contributed by atoms with Crippen LogP contribution in [0.2, 0.25) is 0 Å². The highest BCUT2D eigenvalue weighted by Crippen LogP contribution is 2.16. The molecular weight excluding hydrogens is 560 g/mol. The number of aliphatic hydroxyl groups is 1. The Balaban J connectivity index is 3.37. The first-order valence-electron chi connectivity index (χ1n) is 19.8. The van der Waals surface area contributed by atoms with Crippen LogP contribution in [-0.4, -0.2) is 36.4 Å². The van der Waals surface area contributed by atoms with Crippen molar-refractivity contribution < 1.29 is 24.2 Å². The highest BCUT2D eigenvalue weighted by Gasteiger charge is 2.12. The SMILES string of the molecule is CC(C)CCCCCCCCCCCCCCCCCCC(=O)OC[C@H](O)COC(=O)CCCCCCCCCCCC(C)C. The Hall–Kier alpha value is -1.10. The number of carbonyl (C=O) groups excluding carboxylic acids is 2. The lowest BCUT2D eigenvalue weighted by atomic mass is 10.0. The third-order valence-electron chi connectivity index (χ3n) is 8.95. The molecule has 0 aliphatic rings. The monoisotopic (exact) mass is 639 g/mol. The zero-order valence-electron chi connectivity index (χ0n) is 30.7. The van der Waals surface area contributed by atoms with Gasteiger partial charge in [0, 0.05) is 12.8 Å². The molecule has 0 aromatic heterocycles. The first-order chi connectivity index (χ1) is 21.8. The van der Waals surface area contributed by atoms with Gasteiger partial charge < -0.3 is 14.6 Å². The van der Waals surface area contributed by atoms with Crippen molar-refractivity contribution in [2.75, 3.05) is 13.2 Å². The minimum atomic E-state index is -0.956. The summed E-state index contributed by atoms with van der Waals surface area (Å²) in [4.78, 5) is 23.9. The quantitative estimate of drug-likeness (QED) is 0.0552. The van der Waals surface area contributed by atoms with Gasteiger partial charge >= 0.3 is 11.9 Å². The molecule has 0 saturated heterocycles. The maximum absolute atomic E-state index is 12.0. The Morgan fingerprint density at radius 1 is 0.400 bits per heavy atom. The molecule has 0 radical (unpaired) electrons. The second-order valence-electron chi connectivity index (χ2n) is 14.7. The average Bonchev–Trinajstić information content (AvgIpc) is 3.00. The van der Waals surface area contributed by atoms with E-state index >= 15 is 0 Å². The predicted molar refractivity (Wildman–Crippen MR) is 191 cm³/mol. The van der Waals surface area contributed by atoms with Gasteiger partial charge in [-0.1, -0.05) is 188 Å². The third kappa shape index (κ3) is 37.2. The van der Waals surface area contributed by atoms with Crippen LogP contribution in [0.3, 0.4) is 0 Å². The summed E-state index contributed by atoms with van der Waals surface area (Å²) >= 11 is 0. The van der Waals surface area contributed by atoms with Crippen molar-refractivity contribution in [3.05, 3.63) is 0 Å². The molecule has 0 bridgehead atoms. The highest BCUT2D eigenvalue weighted by atomic mass is 16.6. The van der Waals surface area contributed by atoms with Gasteiger partial charge in [0.25, 0.3) is 0 Å². The van der Waals surface area contributed by atoms with Crippen molar-refractivity contribution in [1.82, 2.24) is 0 Å². The standard InChI is InChI=1S/C40H78O5/c1-36(2)30-26-22-18-14-11-9-7-5-6-8-10-12-16-20-24-28-32-39(42)44-34-38(41)35-45-40(43)33-29-25-21-17-13-15-19-23-27-31-37(3)4/h36-38,41H,5-35H2,1-4H3/t38-/m0/s1. The van der Waals surface area contributed by atoms with E-state index in [1.807, 2.05) is 0 Å². The lowest BCUT2D eigenvalue weighted by molar-refractivity contribution is -0.152. The second-order valence-corrected chi connectivity index (χ2v) is 14.7. The van der Waals surface area contributed by atoms with Crippen molar-refractivity contribution in [1.29, 1.82) is 0 Å². The van der Waals surface area contributed by atoms with E-state index in [-0.39, 0.29) is 25.2 Å². The number of hydrogen-bond acceptors (Lipinski definition) is 5. The normalized spacial score (nSPS) is 12.2. The zero-order chi connectivity index (χ0) is 33.2. The van der Waals surface area contributed by atoms with Gasteiger partial charge in [-0.2, -0.15) is 0 Å². The third-order valence-corrected chi connectivity index (χ3v) is 8.95. The van der Waals surface area contributed by atoms with Gasteiger partial charge in [-0.15, -0.1) is 0 Å². The van der Waals surface area contributed by atoms with Crippen LogP contribution in [0.15, 0.2) is 0 Å². The van der Waals surface area contributed by atoms with E-state index in [2.05, 4.69) is 27.7 Å². The van der Waals surface area contributed by atoms with Crippen molar-refractivity contribution in [3.63, 3.8) is 0 Å². The van der Waals surface area contributed by atoms with Gasteiger partial charge in [0.2, 0.25) is 0 Å². The van der Waals surface area contributed by atoms with E-state index in [0.29, 0.717) is 12.8 Å². The topological polar surface area (TPSA) is 72.8 Å². The summed E-state index contributed by atoms with van der Waals surface area (Å²) in [6, 6.07) is 0. The summed E-state index contributed by atoms with van der Waals surface area (Å²) in [5.41, 5.74) is 0. The Bertz CT molecular complexity index is 632. The molecule has 0 saturated carbocycles. The van der Waals surface area contributed by atoms with Crippen LogP contribution in [0, 0.1) is 11.8 Å². The van der Waals surface area contributed by atoms with Gasteiger partial charge in [-0.05, 0) is 24.7 Å². The van der Waals surface area contributed by atoms with Crippen molar-refractivity contribution in [3.8, 4) is 0 Å². The van der Waals surface area contributed by atoms with Crippen LogP contribution in [0.5, 0.6) is 0 Å². The van der Waals surface area contributed by atoms with Crippen LogP contribution in [0.25, 0.3) is 0 Å². The summed E-state index contributed by atoms with van der Waals surface area (Å²) in [6.07, 6.45) is 34.5. The van der Waals surface area contributed by atoms with Crippen LogP contribution < -0.4 is 0 Å². The first kappa shape index (κ1) is 43.9. The molecule has 0 heterocycles. The predicted octanol–water partition coefficient (Wildman–Crippen LogP) is 12.1. The molecule has 0 unspecified atom stereocenters. The molecule has 45 heavy (non-hydrogen) atoms. The molecule has 0 spiro atoms. The fourth-order valence-electron chi connectivity index (χ4n) is 5.93. The number of ether oxygens (including phenoxy) is 2. The van der Waals surface area contributed by atoms with Crippen molar-refractivity contribution in [2.45, 2.75) is 220 Å². The van der Waals surface area contributed by atoms with Gasteiger partial charge in [0.05, 0.1) is 0 Å². The molecule has 0 fully saturated rings. The molecule has 0 aliphatic heterocycles. The molecule has 5 nitrogen and oxygen atoms in total. The molecule has 1 N–H and O–H groups in total. The fraction of sp³-hybridized carbons (Fsp3) is 0.950. The molecule has 268 valence electrons. The summed E-state index contributed by atoms with van der Waals surface area (Å²) < 4.78 is 10.3. The lowest BCUT2D eigenvalue weighted by Crippen LogP contribution is -2.25. The van der Waals surface area contributed by atoms with Gasteiger partial charge in [-0.3, -0.25) is 9.59 Å². The largest absolute Gasteiger partial charge is 0.463 e. The zero-order valence-corrected chi connectivity index (χ0v) is 30.7. The summed E-state index contributed by atoms with van der Waals surface area (Å²) in [6.45, 7) is 9.00. The molecule has 0 aromatic rings. The minimum absolute atomic E-state index is 0.109. The van der Waals surface area contributed by atoms with E-state index in [1.165, 1.54) is 141 Å². The number of aliphatic hydroxyl groups excluding tert-OH is 1. The van der Waals surface area contributed by atoms with Crippen molar-refractivity contribution in [2.24, 2.45) is 11.8 Å². The Labute approximate surface area is 280 Å². The van der Waals surface area contributed by atoms with E-state index in [0.717, 1.165) is 43.9 Å². The number of rotatable bonds is 35. The van der Waals surface area contributed by atoms with Gasteiger partial charge in [0.15, 0.2) is 0 Å². The van der Waals surface area contributed by atoms with Crippen molar-refractivity contribution >= 4 is 11.9 Å².